The van der Waals surface area contributed by atoms with E-state index in [1.807, 2.05) is 26.8 Å². The predicted molar refractivity (Wildman–Crippen MR) is 88.6 cm³/mol. The number of hydrogen-bond acceptors (Lipinski definition) is 6. The molecule has 0 amide bonds. The summed E-state index contributed by atoms with van der Waals surface area (Å²) in [6.07, 6.45) is 3.93. The van der Waals surface area contributed by atoms with Crippen molar-refractivity contribution >= 4 is 22.9 Å². The van der Waals surface area contributed by atoms with Gasteiger partial charge in [0.2, 0.25) is 5.60 Å². The first-order chi connectivity index (χ1) is 11.8. The zero-order chi connectivity index (χ0) is 18.0. The lowest BCUT2D eigenvalue weighted by atomic mass is 9.75. The van der Waals surface area contributed by atoms with E-state index in [1.54, 1.807) is 19.4 Å². The fourth-order valence-electron chi connectivity index (χ4n) is 4.17. The number of carbonyl (C=O) groups excluding carboxylic acids is 2. The Labute approximate surface area is 145 Å². The molecule has 6 nitrogen and oxygen atoms in total. The molecular weight excluding hydrogens is 322 g/mol. The molecule has 0 spiro atoms. The molecule has 2 bridgehead atoms. The number of ether oxygens (including phenoxy) is 2. The highest BCUT2D eigenvalue weighted by molar-refractivity contribution is 5.91. The lowest BCUT2D eigenvalue weighted by Gasteiger charge is -2.33. The van der Waals surface area contributed by atoms with Crippen molar-refractivity contribution in [2.45, 2.75) is 52.2 Å². The van der Waals surface area contributed by atoms with Crippen LogP contribution in [0.4, 0.5) is 0 Å². The lowest BCUT2D eigenvalue weighted by Crippen LogP contribution is -2.48. The van der Waals surface area contributed by atoms with E-state index < -0.39 is 23.1 Å². The number of hydrogen-bond donors (Lipinski definition) is 0. The van der Waals surface area contributed by atoms with Crippen LogP contribution in [-0.2, 0) is 19.1 Å². The van der Waals surface area contributed by atoms with Crippen molar-refractivity contribution < 1.29 is 23.5 Å². The third kappa shape index (κ3) is 2.06. The first kappa shape index (κ1) is 16.1. The number of pyridine rings is 1. The van der Waals surface area contributed by atoms with Gasteiger partial charge in [0.05, 0.1) is 24.1 Å². The van der Waals surface area contributed by atoms with Crippen molar-refractivity contribution in [3.63, 3.8) is 0 Å². The van der Waals surface area contributed by atoms with Gasteiger partial charge in [-0.2, -0.15) is 0 Å². The molecule has 25 heavy (non-hydrogen) atoms. The summed E-state index contributed by atoms with van der Waals surface area (Å²) in [7, 11) is 0. The van der Waals surface area contributed by atoms with Crippen LogP contribution in [0.25, 0.3) is 11.0 Å². The maximum absolute atomic E-state index is 12.9. The van der Waals surface area contributed by atoms with Gasteiger partial charge in [-0.05, 0) is 38.3 Å². The number of aryl methyl sites for hydroxylation is 1. The van der Waals surface area contributed by atoms with Gasteiger partial charge in [0.25, 0.3) is 0 Å². The minimum atomic E-state index is -1.18. The average molecular weight is 343 g/mol. The Morgan fingerprint density at radius 2 is 2.20 bits per heavy atom. The third-order valence-electron chi connectivity index (χ3n) is 5.96. The quantitative estimate of drug-likeness (QED) is 0.794. The van der Waals surface area contributed by atoms with Gasteiger partial charge in [0, 0.05) is 10.8 Å². The molecule has 0 radical (unpaired) electrons. The number of esters is 2. The largest absolute Gasteiger partial charge is 0.462 e. The van der Waals surface area contributed by atoms with Crippen molar-refractivity contribution in [2.75, 3.05) is 0 Å². The second kappa shape index (κ2) is 5.07. The lowest BCUT2D eigenvalue weighted by molar-refractivity contribution is -0.186. The van der Waals surface area contributed by atoms with E-state index in [9.17, 15) is 9.59 Å². The zero-order valence-electron chi connectivity index (χ0n) is 14.8. The zero-order valence-corrected chi connectivity index (χ0v) is 14.8. The smallest absolute Gasteiger partial charge is 0.351 e. The van der Waals surface area contributed by atoms with Crippen molar-refractivity contribution in [3.05, 3.63) is 29.8 Å². The van der Waals surface area contributed by atoms with Gasteiger partial charge in [-0.15, -0.1) is 0 Å². The Bertz CT molecular complexity index is 883. The summed E-state index contributed by atoms with van der Waals surface area (Å²) in [5, 5.41) is 0.944. The molecule has 1 aliphatic carbocycles. The molecule has 4 rings (SSSR count). The maximum Gasteiger partial charge on any atom is 0.351 e. The van der Waals surface area contributed by atoms with Crippen molar-refractivity contribution in [2.24, 2.45) is 11.3 Å². The normalized spacial score (nSPS) is 28.2. The van der Waals surface area contributed by atoms with Crippen LogP contribution in [-0.4, -0.2) is 22.5 Å². The number of fused-ring (bicyclic) bond motifs is 3. The molecule has 0 unspecified atom stereocenters. The molecular formula is C19H21NO5. The molecule has 1 saturated carbocycles. The molecule has 2 aromatic rings. The molecule has 1 aliphatic heterocycles. The van der Waals surface area contributed by atoms with Crippen molar-refractivity contribution in [1.82, 2.24) is 4.98 Å². The number of carbonyl (C=O) groups is 2. The highest BCUT2D eigenvalue weighted by atomic mass is 16.6. The molecule has 0 aromatic carbocycles. The monoisotopic (exact) mass is 343 g/mol. The average Bonchev–Trinajstić information content (AvgIpc) is 3.12. The fraction of sp³-hybridized carbons (Fsp3) is 0.526. The van der Waals surface area contributed by atoms with Crippen LogP contribution in [0, 0.1) is 18.3 Å². The van der Waals surface area contributed by atoms with Crippen LogP contribution in [0.5, 0.6) is 0 Å². The van der Waals surface area contributed by atoms with Crippen LogP contribution >= 0.6 is 0 Å². The molecule has 132 valence electrons. The summed E-state index contributed by atoms with van der Waals surface area (Å²) >= 11 is 0. The van der Waals surface area contributed by atoms with Crippen LogP contribution in [0.15, 0.2) is 22.9 Å². The van der Waals surface area contributed by atoms with E-state index in [1.165, 1.54) is 0 Å². The van der Waals surface area contributed by atoms with E-state index in [4.69, 9.17) is 13.9 Å². The Kier molecular flexibility index (Phi) is 3.27. The Hall–Kier alpha value is -2.37. The topological polar surface area (TPSA) is 78.6 Å². The first-order valence-electron chi connectivity index (χ1n) is 8.54. The van der Waals surface area contributed by atoms with E-state index in [2.05, 4.69) is 4.98 Å². The van der Waals surface area contributed by atoms with Crippen LogP contribution in [0.2, 0.25) is 0 Å². The molecule has 6 heteroatoms. The summed E-state index contributed by atoms with van der Waals surface area (Å²) in [5.41, 5.74) is 0.597. The molecule has 2 aliphatic rings. The minimum absolute atomic E-state index is 0.238. The summed E-state index contributed by atoms with van der Waals surface area (Å²) in [5.74, 6) is -1.02. The van der Waals surface area contributed by atoms with Crippen LogP contribution in [0.1, 0.15) is 51.0 Å². The van der Waals surface area contributed by atoms with Gasteiger partial charge in [-0.25, -0.2) is 4.79 Å². The van der Waals surface area contributed by atoms with Gasteiger partial charge in [0.15, 0.2) is 5.58 Å². The summed E-state index contributed by atoms with van der Waals surface area (Å²) in [6, 6.07) is 1.87. The summed E-state index contributed by atoms with van der Waals surface area (Å²) < 4.78 is 16.6. The molecule has 1 saturated heterocycles. The van der Waals surface area contributed by atoms with Crippen LogP contribution < -0.4 is 0 Å². The highest BCUT2D eigenvalue weighted by Crippen LogP contribution is 2.59. The molecule has 3 heterocycles. The Morgan fingerprint density at radius 3 is 2.84 bits per heavy atom. The summed E-state index contributed by atoms with van der Waals surface area (Å²) in [6.45, 7) is 7.53. The fourth-order valence-corrected chi connectivity index (χ4v) is 4.17. The number of aromatic nitrogens is 1. The Morgan fingerprint density at radius 1 is 1.44 bits per heavy atom. The van der Waals surface area contributed by atoms with E-state index in [0.29, 0.717) is 24.1 Å². The van der Waals surface area contributed by atoms with Crippen molar-refractivity contribution in [1.29, 1.82) is 0 Å². The maximum atomic E-state index is 12.9. The number of rotatable bonds is 3. The number of nitrogens with zero attached hydrogens (tertiary/aromatic N) is 1. The summed E-state index contributed by atoms with van der Waals surface area (Å²) in [4.78, 5) is 29.3. The molecule has 2 fully saturated rings. The molecule has 0 N–H and O–H groups in total. The number of furan rings is 1. The SMILES string of the molecule is Cc1coc2cnc([C@@H](C)OC(=O)[C@@]34CC[C@@H](C(=O)O3)C4(C)C)cc12. The van der Waals surface area contributed by atoms with Gasteiger partial charge >= 0.3 is 11.9 Å². The van der Waals surface area contributed by atoms with Crippen molar-refractivity contribution in [3.8, 4) is 0 Å². The van der Waals surface area contributed by atoms with Crippen LogP contribution in [0.3, 0.4) is 0 Å². The van der Waals surface area contributed by atoms with E-state index in [-0.39, 0.29) is 11.9 Å². The molecule has 3 atom stereocenters. The molecule has 2 aromatic heterocycles. The second-order valence-corrected chi connectivity index (χ2v) is 7.63. The van der Waals surface area contributed by atoms with Gasteiger partial charge in [0.1, 0.15) is 6.10 Å². The van der Waals surface area contributed by atoms with E-state index >= 15 is 0 Å². The first-order valence-corrected chi connectivity index (χ1v) is 8.54. The predicted octanol–water partition coefficient (Wildman–Crippen LogP) is 3.47. The highest BCUT2D eigenvalue weighted by Gasteiger charge is 2.70. The Balaban J connectivity index is 1.60. The van der Waals surface area contributed by atoms with Gasteiger partial charge < -0.3 is 13.9 Å². The van der Waals surface area contributed by atoms with Gasteiger partial charge in [-0.3, -0.25) is 9.78 Å². The standard InChI is InChI=1S/C19H21NO5/c1-10-9-23-15-8-20-14(7-12(10)15)11(2)24-17(22)19-6-5-13(16(21)25-19)18(19,3)4/h7-9,11,13H,5-6H2,1-4H3/t11-,13+,19-/m1/s1. The van der Waals surface area contributed by atoms with E-state index in [0.717, 1.165) is 10.9 Å². The third-order valence-corrected chi connectivity index (χ3v) is 5.96. The minimum Gasteiger partial charge on any atom is -0.462 e. The second-order valence-electron chi connectivity index (χ2n) is 7.63. The van der Waals surface area contributed by atoms with Gasteiger partial charge in [-0.1, -0.05) is 13.8 Å².